The van der Waals surface area contributed by atoms with Crippen LogP contribution in [0.25, 0.3) is 10.2 Å². The Morgan fingerprint density at radius 1 is 1.18 bits per heavy atom. The predicted molar refractivity (Wildman–Crippen MR) is 125 cm³/mol. The summed E-state index contributed by atoms with van der Waals surface area (Å²) in [6.07, 6.45) is 0. The Bertz CT molecular complexity index is 1400. The summed E-state index contributed by atoms with van der Waals surface area (Å²) < 4.78 is 11.9. The normalized spacial score (nSPS) is 16.1. The second kappa shape index (κ2) is 8.22. The molecule has 1 amide bonds. The quantitative estimate of drug-likeness (QED) is 0.389. The van der Waals surface area contributed by atoms with Crippen molar-refractivity contribution in [2.75, 3.05) is 11.5 Å². The fraction of sp³-hybridized carbons (Fsp3) is 0.160. The van der Waals surface area contributed by atoms with Crippen molar-refractivity contribution >= 4 is 38.4 Å². The molecule has 1 N–H and O–H groups in total. The number of furan rings is 1. The van der Waals surface area contributed by atoms with E-state index in [1.807, 2.05) is 55.5 Å². The Balaban J connectivity index is 1.63. The highest BCUT2D eigenvalue weighted by Gasteiger charge is 2.46. The summed E-state index contributed by atoms with van der Waals surface area (Å²) in [6.45, 7) is 4.17. The maximum atomic E-state index is 13.3. The Labute approximate surface area is 193 Å². The highest BCUT2D eigenvalue weighted by Crippen LogP contribution is 2.44. The number of Topliss-reactive ketones (excluding diaryl/α,β-unsaturated/α-hetero) is 1. The van der Waals surface area contributed by atoms with Gasteiger partial charge in [0.15, 0.2) is 16.7 Å². The molecule has 0 radical (unpaired) electrons. The molecule has 0 bridgehead atoms. The van der Waals surface area contributed by atoms with Gasteiger partial charge < -0.3 is 14.3 Å². The van der Waals surface area contributed by atoms with Gasteiger partial charge in [-0.05, 0) is 49.7 Å². The van der Waals surface area contributed by atoms with Crippen LogP contribution in [-0.2, 0) is 4.79 Å². The van der Waals surface area contributed by atoms with Gasteiger partial charge in [0, 0.05) is 0 Å². The summed E-state index contributed by atoms with van der Waals surface area (Å²) in [5.41, 5.74) is 1.34. The number of aromatic nitrogens is 1. The van der Waals surface area contributed by atoms with Crippen molar-refractivity contribution in [3.63, 3.8) is 0 Å². The van der Waals surface area contributed by atoms with Crippen molar-refractivity contribution in [1.82, 2.24) is 4.98 Å². The molecule has 1 aliphatic rings. The highest BCUT2D eigenvalue weighted by atomic mass is 32.1. The van der Waals surface area contributed by atoms with Crippen molar-refractivity contribution in [1.29, 1.82) is 0 Å². The van der Waals surface area contributed by atoms with Crippen LogP contribution >= 0.6 is 11.3 Å². The smallest absolute Gasteiger partial charge is 0.296 e. The molecule has 0 saturated heterocycles. The lowest BCUT2D eigenvalue weighted by Gasteiger charge is -2.24. The van der Waals surface area contributed by atoms with Gasteiger partial charge in [-0.15, -0.1) is 0 Å². The molecule has 7 nitrogen and oxygen atoms in total. The van der Waals surface area contributed by atoms with Crippen molar-refractivity contribution in [2.45, 2.75) is 19.9 Å². The molecular weight excluding hydrogens is 440 g/mol. The number of thiazole rings is 1. The van der Waals surface area contributed by atoms with Gasteiger partial charge in [0.1, 0.15) is 11.5 Å². The number of benzene rings is 2. The van der Waals surface area contributed by atoms with Crippen LogP contribution in [0, 0.1) is 6.92 Å². The van der Waals surface area contributed by atoms with Crippen LogP contribution in [0.5, 0.6) is 5.75 Å². The number of carbonyl (C=O) groups is 2. The van der Waals surface area contributed by atoms with Crippen LogP contribution < -0.4 is 9.64 Å². The molecule has 1 atom stereocenters. The molecule has 0 fully saturated rings. The van der Waals surface area contributed by atoms with E-state index in [-0.39, 0.29) is 11.3 Å². The molecule has 0 unspecified atom stereocenters. The average Bonchev–Trinajstić information content (AvgIpc) is 3.50. The van der Waals surface area contributed by atoms with Gasteiger partial charge in [0.25, 0.3) is 5.91 Å². The lowest BCUT2D eigenvalue weighted by atomic mass is 9.95. The van der Waals surface area contributed by atoms with Gasteiger partial charge in [-0.25, -0.2) is 4.98 Å². The topological polar surface area (TPSA) is 92.9 Å². The molecule has 0 saturated carbocycles. The number of aliphatic hydroxyl groups excluding tert-OH is 1. The first-order valence-corrected chi connectivity index (χ1v) is 11.3. The van der Waals surface area contributed by atoms with Crippen LogP contribution in [-0.4, -0.2) is 28.4 Å². The van der Waals surface area contributed by atoms with Crippen LogP contribution in [0.2, 0.25) is 0 Å². The molecule has 2 aromatic heterocycles. The third kappa shape index (κ3) is 3.58. The van der Waals surface area contributed by atoms with Crippen LogP contribution in [0.15, 0.2) is 76.4 Å². The monoisotopic (exact) mass is 460 g/mol. The van der Waals surface area contributed by atoms with E-state index in [4.69, 9.17) is 9.15 Å². The first-order chi connectivity index (χ1) is 16.0. The number of hydrogen-bond acceptors (Lipinski definition) is 7. The van der Waals surface area contributed by atoms with Crippen LogP contribution in [0.4, 0.5) is 5.13 Å². The first-order valence-electron chi connectivity index (χ1n) is 10.4. The Hall–Kier alpha value is -3.91. The van der Waals surface area contributed by atoms with E-state index >= 15 is 0 Å². The third-order valence-corrected chi connectivity index (χ3v) is 6.42. The molecule has 3 heterocycles. The Morgan fingerprint density at radius 2 is 1.97 bits per heavy atom. The number of hydrogen-bond donors (Lipinski definition) is 1. The number of aliphatic hydroxyl groups is 1. The summed E-state index contributed by atoms with van der Waals surface area (Å²) >= 11 is 1.29. The molecule has 33 heavy (non-hydrogen) atoms. The maximum absolute atomic E-state index is 13.3. The van der Waals surface area contributed by atoms with E-state index in [0.29, 0.717) is 34.3 Å². The van der Waals surface area contributed by atoms with E-state index < -0.39 is 23.5 Å². The van der Waals surface area contributed by atoms with E-state index in [9.17, 15) is 14.7 Å². The van der Waals surface area contributed by atoms with Crippen molar-refractivity contribution in [3.05, 3.63) is 89.1 Å². The summed E-state index contributed by atoms with van der Waals surface area (Å²) in [5, 5.41) is 11.2. The fourth-order valence-electron chi connectivity index (χ4n) is 3.93. The zero-order chi connectivity index (χ0) is 23.1. The Kier molecular flexibility index (Phi) is 5.22. The fourth-order valence-corrected chi connectivity index (χ4v) is 4.95. The number of ketones is 1. The third-order valence-electron chi connectivity index (χ3n) is 5.40. The van der Waals surface area contributed by atoms with E-state index in [1.54, 1.807) is 19.1 Å². The number of fused-ring (bicyclic) bond motifs is 1. The largest absolute Gasteiger partial charge is 0.503 e. The molecule has 5 rings (SSSR count). The summed E-state index contributed by atoms with van der Waals surface area (Å²) in [5.74, 6) is -0.484. The van der Waals surface area contributed by atoms with E-state index in [0.717, 1.165) is 4.70 Å². The van der Waals surface area contributed by atoms with Gasteiger partial charge in [0.05, 0.1) is 28.4 Å². The van der Waals surface area contributed by atoms with Crippen molar-refractivity contribution in [2.24, 2.45) is 0 Å². The molecule has 4 aromatic rings. The molecular formula is C25H20N2O5S. The van der Waals surface area contributed by atoms with Gasteiger partial charge in [-0.1, -0.05) is 41.7 Å². The molecule has 8 heteroatoms. The van der Waals surface area contributed by atoms with Crippen LogP contribution in [0.1, 0.15) is 34.8 Å². The first kappa shape index (κ1) is 21.0. The molecule has 2 aromatic carbocycles. The number of nitrogens with zero attached hydrogens (tertiary/aromatic N) is 2. The molecule has 0 spiro atoms. The SMILES string of the molecule is CCOc1ccc2nc(N3C(=O)C(O)=C(C(=O)c4ccc(C)o4)[C@@H]3c3ccccc3)sc2c1. The van der Waals surface area contributed by atoms with Gasteiger partial charge in [-0.3, -0.25) is 14.5 Å². The van der Waals surface area contributed by atoms with Gasteiger partial charge in [0.2, 0.25) is 5.78 Å². The molecule has 1 aliphatic heterocycles. The number of ether oxygens (including phenoxy) is 1. The van der Waals surface area contributed by atoms with Crippen molar-refractivity contribution < 1.29 is 23.8 Å². The number of aryl methyl sites for hydroxylation is 1. The maximum Gasteiger partial charge on any atom is 0.296 e. The number of rotatable bonds is 6. The summed E-state index contributed by atoms with van der Waals surface area (Å²) in [4.78, 5) is 32.6. The van der Waals surface area contributed by atoms with Crippen molar-refractivity contribution in [3.8, 4) is 5.75 Å². The Morgan fingerprint density at radius 3 is 2.67 bits per heavy atom. The minimum atomic E-state index is -0.844. The molecule has 0 aliphatic carbocycles. The lowest BCUT2D eigenvalue weighted by molar-refractivity contribution is -0.117. The lowest BCUT2D eigenvalue weighted by Crippen LogP contribution is -2.30. The number of amides is 1. The number of anilines is 1. The molecule has 166 valence electrons. The second-order valence-corrected chi connectivity index (χ2v) is 8.56. The van der Waals surface area contributed by atoms with E-state index in [2.05, 4.69) is 4.98 Å². The predicted octanol–water partition coefficient (Wildman–Crippen LogP) is 5.38. The minimum Gasteiger partial charge on any atom is -0.503 e. The van der Waals surface area contributed by atoms with E-state index in [1.165, 1.54) is 16.2 Å². The highest BCUT2D eigenvalue weighted by molar-refractivity contribution is 7.22. The summed E-state index contributed by atoms with van der Waals surface area (Å²) in [7, 11) is 0. The second-order valence-electron chi connectivity index (χ2n) is 7.55. The van der Waals surface area contributed by atoms with Gasteiger partial charge >= 0.3 is 0 Å². The zero-order valence-electron chi connectivity index (χ0n) is 17.9. The zero-order valence-corrected chi connectivity index (χ0v) is 18.8. The standard InChI is InChI=1S/C25H20N2O5S/c1-3-31-16-10-11-17-19(13-16)33-25(26-17)27-21(15-7-5-4-6-8-15)20(23(29)24(27)30)22(28)18-12-9-14(2)32-18/h4-13,21,29H,3H2,1-2H3/t21-/m0/s1. The van der Waals surface area contributed by atoms with Crippen LogP contribution in [0.3, 0.4) is 0 Å². The minimum absolute atomic E-state index is 0.0326. The summed E-state index contributed by atoms with van der Waals surface area (Å²) in [6, 6.07) is 17.0. The van der Waals surface area contributed by atoms with Gasteiger partial charge in [-0.2, -0.15) is 0 Å². The average molecular weight is 461 g/mol. The number of carbonyl (C=O) groups excluding carboxylic acids is 2.